The first-order valence-corrected chi connectivity index (χ1v) is 6.91. The highest BCUT2D eigenvalue weighted by molar-refractivity contribution is 9.10. The number of sulfonamides is 1. The predicted octanol–water partition coefficient (Wildman–Crippen LogP) is 1.68. The number of halogens is 1. The van der Waals surface area contributed by atoms with E-state index in [0.717, 1.165) is 4.47 Å². The Morgan fingerprint density at radius 2 is 2.12 bits per heavy atom. The lowest BCUT2D eigenvalue weighted by atomic mass is 10.5. The van der Waals surface area contributed by atoms with Crippen molar-refractivity contribution in [2.45, 2.75) is 11.8 Å². The number of pyridine rings is 1. The van der Waals surface area contributed by atoms with Gasteiger partial charge in [0.15, 0.2) is 0 Å². The Kier molecular flexibility index (Phi) is 3.16. The van der Waals surface area contributed by atoms with Crippen molar-refractivity contribution in [3.8, 4) is 0 Å². The largest absolute Gasteiger partial charge is 0.281 e. The van der Waals surface area contributed by atoms with Crippen molar-refractivity contribution in [3.63, 3.8) is 0 Å². The fourth-order valence-electron chi connectivity index (χ4n) is 1.24. The van der Waals surface area contributed by atoms with Crippen LogP contribution < -0.4 is 4.72 Å². The third kappa shape index (κ3) is 2.64. The monoisotopic (exact) mass is 316 g/mol. The fourth-order valence-corrected chi connectivity index (χ4v) is 2.62. The molecule has 0 atom stereocenters. The Hall–Kier alpha value is -1.41. The van der Waals surface area contributed by atoms with Gasteiger partial charge in [-0.15, -0.1) is 0 Å². The molecule has 6 nitrogen and oxygen atoms in total. The molecule has 0 fully saturated rings. The topological polar surface area (TPSA) is 87.7 Å². The molecular formula is C9H9BrN4O2S. The van der Waals surface area contributed by atoms with Gasteiger partial charge in [-0.25, -0.2) is 13.4 Å². The van der Waals surface area contributed by atoms with Crippen molar-refractivity contribution in [3.05, 3.63) is 34.7 Å². The third-order valence-corrected chi connectivity index (χ3v) is 3.98. The summed E-state index contributed by atoms with van der Waals surface area (Å²) in [6, 6.07) is 3.27. The maximum atomic E-state index is 11.9. The molecule has 2 rings (SSSR count). The van der Waals surface area contributed by atoms with Crippen molar-refractivity contribution in [1.82, 2.24) is 15.2 Å². The van der Waals surface area contributed by atoms with Crippen LogP contribution in [0.2, 0.25) is 0 Å². The Morgan fingerprint density at radius 3 is 2.65 bits per heavy atom. The summed E-state index contributed by atoms with van der Waals surface area (Å²) in [4.78, 5) is 4.05. The van der Waals surface area contributed by atoms with Crippen LogP contribution in [0.5, 0.6) is 0 Å². The molecule has 0 unspecified atom stereocenters. The summed E-state index contributed by atoms with van der Waals surface area (Å²) in [6.07, 6.45) is 2.77. The molecular weight excluding hydrogens is 308 g/mol. The van der Waals surface area contributed by atoms with Crippen molar-refractivity contribution in [2.24, 2.45) is 0 Å². The first-order chi connectivity index (χ1) is 7.99. The molecule has 8 heteroatoms. The van der Waals surface area contributed by atoms with Gasteiger partial charge in [-0.1, -0.05) is 0 Å². The van der Waals surface area contributed by atoms with E-state index in [-0.39, 0.29) is 10.7 Å². The van der Waals surface area contributed by atoms with Crippen LogP contribution in [0.3, 0.4) is 0 Å². The maximum Gasteiger partial charge on any atom is 0.266 e. The second-order valence-electron chi connectivity index (χ2n) is 3.33. The zero-order valence-electron chi connectivity index (χ0n) is 8.81. The van der Waals surface area contributed by atoms with Gasteiger partial charge in [-0.2, -0.15) is 5.10 Å². The summed E-state index contributed by atoms with van der Waals surface area (Å²) in [5.74, 6) is 0.258. The highest BCUT2D eigenvalue weighted by Gasteiger charge is 2.18. The van der Waals surface area contributed by atoms with Crippen LogP contribution >= 0.6 is 15.9 Å². The van der Waals surface area contributed by atoms with Gasteiger partial charge in [0.05, 0.1) is 11.9 Å². The number of hydrogen-bond acceptors (Lipinski definition) is 4. The molecule has 2 aromatic heterocycles. The lowest BCUT2D eigenvalue weighted by Crippen LogP contribution is -2.14. The molecule has 2 heterocycles. The molecule has 17 heavy (non-hydrogen) atoms. The van der Waals surface area contributed by atoms with Gasteiger partial charge in [0.25, 0.3) is 10.0 Å². The maximum absolute atomic E-state index is 11.9. The van der Waals surface area contributed by atoms with Crippen LogP contribution in [0.25, 0.3) is 0 Å². The number of H-pyrrole nitrogens is 1. The molecule has 0 aromatic carbocycles. The van der Waals surface area contributed by atoms with Gasteiger partial charge in [0.1, 0.15) is 10.7 Å². The second-order valence-corrected chi connectivity index (χ2v) is 5.89. The number of anilines is 1. The van der Waals surface area contributed by atoms with E-state index in [1.165, 1.54) is 12.4 Å². The zero-order valence-corrected chi connectivity index (χ0v) is 11.2. The van der Waals surface area contributed by atoms with E-state index >= 15 is 0 Å². The van der Waals surface area contributed by atoms with Gasteiger partial charge in [0, 0.05) is 10.7 Å². The summed E-state index contributed by atoms with van der Waals surface area (Å²) in [5, 5.41) is 6.24. The molecule has 0 amide bonds. The van der Waals surface area contributed by atoms with Crippen molar-refractivity contribution in [2.75, 3.05) is 4.72 Å². The average Bonchev–Trinajstić information content (AvgIpc) is 2.68. The molecule has 0 aliphatic rings. The summed E-state index contributed by atoms with van der Waals surface area (Å²) in [7, 11) is -3.64. The molecule has 0 radical (unpaired) electrons. The van der Waals surface area contributed by atoms with E-state index in [4.69, 9.17) is 0 Å². The minimum atomic E-state index is -3.64. The first-order valence-electron chi connectivity index (χ1n) is 4.63. The highest BCUT2D eigenvalue weighted by atomic mass is 79.9. The molecule has 2 aromatic rings. The molecule has 0 saturated heterocycles. The van der Waals surface area contributed by atoms with Crippen LogP contribution in [0, 0.1) is 6.92 Å². The Bertz CT molecular complexity index is 621. The fraction of sp³-hybridized carbons (Fsp3) is 0.111. The van der Waals surface area contributed by atoms with Gasteiger partial charge < -0.3 is 0 Å². The molecule has 0 aliphatic heterocycles. The third-order valence-electron chi connectivity index (χ3n) is 2.04. The van der Waals surface area contributed by atoms with E-state index in [1.807, 2.05) is 0 Å². The smallest absolute Gasteiger partial charge is 0.266 e. The molecule has 0 bridgehead atoms. The lowest BCUT2D eigenvalue weighted by Gasteiger charge is -2.05. The number of rotatable bonds is 3. The van der Waals surface area contributed by atoms with Gasteiger partial charge in [-0.05, 0) is 35.0 Å². The molecule has 0 spiro atoms. The van der Waals surface area contributed by atoms with Crippen LogP contribution in [0.1, 0.15) is 5.69 Å². The Morgan fingerprint density at radius 1 is 1.35 bits per heavy atom. The standard InChI is InChI=1S/C9H9BrN4O2S/c1-6-8(5-12-13-6)17(15,16)14-9-3-2-7(10)4-11-9/h2-5H,1H3,(H,11,14)(H,12,13). The normalized spacial score (nSPS) is 11.4. The quantitative estimate of drug-likeness (QED) is 0.901. The van der Waals surface area contributed by atoms with Crippen molar-refractivity contribution >= 4 is 31.8 Å². The average molecular weight is 317 g/mol. The zero-order chi connectivity index (χ0) is 12.5. The van der Waals surface area contributed by atoms with E-state index in [9.17, 15) is 8.42 Å². The number of nitrogens with zero attached hydrogens (tertiary/aromatic N) is 2. The predicted molar refractivity (Wildman–Crippen MR) is 66.1 cm³/mol. The van der Waals surface area contributed by atoms with E-state index in [1.54, 1.807) is 19.1 Å². The van der Waals surface area contributed by atoms with E-state index in [0.29, 0.717) is 5.69 Å². The van der Waals surface area contributed by atoms with Crippen molar-refractivity contribution < 1.29 is 8.42 Å². The minimum absolute atomic E-state index is 0.113. The van der Waals surface area contributed by atoms with E-state index < -0.39 is 10.0 Å². The highest BCUT2D eigenvalue weighted by Crippen LogP contribution is 2.17. The second kappa shape index (κ2) is 4.46. The Balaban J connectivity index is 2.30. The van der Waals surface area contributed by atoms with Crippen LogP contribution in [-0.4, -0.2) is 23.6 Å². The summed E-state index contributed by atoms with van der Waals surface area (Å²) >= 11 is 3.22. The summed E-state index contributed by atoms with van der Waals surface area (Å²) in [5.41, 5.74) is 0.481. The number of aryl methyl sites for hydroxylation is 1. The minimum Gasteiger partial charge on any atom is -0.281 e. The molecule has 2 N–H and O–H groups in total. The number of nitrogens with one attached hydrogen (secondary N) is 2. The van der Waals surface area contributed by atoms with Crippen LogP contribution in [-0.2, 0) is 10.0 Å². The van der Waals surface area contributed by atoms with Crippen LogP contribution in [0.4, 0.5) is 5.82 Å². The number of hydrogen-bond donors (Lipinski definition) is 2. The van der Waals surface area contributed by atoms with Crippen LogP contribution in [0.15, 0.2) is 33.9 Å². The summed E-state index contributed by atoms with van der Waals surface area (Å²) in [6.45, 7) is 1.64. The number of aromatic nitrogens is 3. The number of aromatic amines is 1. The van der Waals surface area contributed by atoms with Gasteiger partial charge in [0.2, 0.25) is 0 Å². The molecule has 0 aliphatic carbocycles. The Labute approximate surface area is 107 Å². The molecule has 0 saturated carbocycles. The van der Waals surface area contributed by atoms with E-state index in [2.05, 4.69) is 35.8 Å². The lowest BCUT2D eigenvalue weighted by molar-refractivity contribution is 0.600. The van der Waals surface area contributed by atoms with Crippen molar-refractivity contribution in [1.29, 1.82) is 0 Å². The SMILES string of the molecule is Cc1[nH]ncc1S(=O)(=O)Nc1ccc(Br)cn1. The first kappa shape index (κ1) is 12.1. The van der Waals surface area contributed by atoms with Gasteiger partial charge in [-0.3, -0.25) is 9.82 Å². The van der Waals surface area contributed by atoms with Gasteiger partial charge >= 0.3 is 0 Å². The molecule has 90 valence electrons. The summed E-state index contributed by atoms with van der Waals surface area (Å²) < 4.78 is 27.0.